The number of anilines is 1. The van der Waals surface area contributed by atoms with Gasteiger partial charge in [-0.2, -0.15) is 0 Å². The van der Waals surface area contributed by atoms with Crippen LogP contribution in [0.15, 0.2) is 22.7 Å². The van der Waals surface area contributed by atoms with Gasteiger partial charge < -0.3 is 5.11 Å². The number of hydrogen-bond donors (Lipinski definition) is 1. The number of carboxylic acids is 1. The fourth-order valence-corrected chi connectivity index (χ4v) is 4.13. The maximum atomic E-state index is 11.8. The van der Waals surface area contributed by atoms with Crippen LogP contribution in [0.3, 0.4) is 0 Å². The summed E-state index contributed by atoms with van der Waals surface area (Å²) < 4.78 is 25.2. The van der Waals surface area contributed by atoms with E-state index in [2.05, 4.69) is 15.9 Å². The maximum Gasteiger partial charge on any atom is 0.337 e. The van der Waals surface area contributed by atoms with Crippen LogP contribution in [0.2, 0.25) is 0 Å². The van der Waals surface area contributed by atoms with Crippen LogP contribution in [0, 0.1) is 0 Å². The van der Waals surface area contributed by atoms with Gasteiger partial charge in [0.1, 0.15) is 0 Å². The minimum Gasteiger partial charge on any atom is -0.478 e. The van der Waals surface area contributed by atoms with Crippen molar-refractivity contribution in [2.24, 2.45) is 0 Å². The summed E-state index contributed by atoms with van der Waals surface area (Å²) in [4.78, 5) is 11.1. The first-order chi connectivity index (χ1) is 7.93. The Morgan fingerprint density at radius 2 is 2.12 bits per heavy atom. The van der Waals surface area contributed by atoms with Gasteiger partial charge in [-0.15, -0.1) is 0 Å². The third-order valence-electron chi connectivity index (χ3n) is 2.57. The Bertz CT molecular complexity index is 570. The molecule has 7 heteroatoms. The van der Waals surface area contributed by atoms with E-state index in [9.17, 15) is 13.2 Å². The molecule has 1 aliphatic rings. The Morgan fingerprint density at radius 1 is 1.41 bits per heavy atom. The fraction of sp³-hybridized carbons (Fsp3) is 0.300. The number of carbonyl (C=O) groups is 1. The number of halogens is 1. The molecule has 0 radical (unpaired) electrons. The quantitative estimate of drug-likeness (QED) is 0.900. The Kier molecular flexibility index (Phi) is 3.13. The van der Waals surface area contributed by atoms with Crippen molar-refractivity contribution < 1.29 is 18.3 Å². The number of rotatable bonds is 2. The molecule has 1 heterocycles. The highest BCUT2D eigenvalue weighted by Crippen LogP contribution is 2.34. The molecule has 1 aliphatic heterocycles. The highest BCUT2D eigenvalue weighted by atomic mass is 79.9. The average molecular weight is 320 g/mol. The molecule has 0 saturated carbocycles. The first-order valence-corrected chi connectivity index (χ1v) is 7.36. The predicted molar refractivity (Wildman–Crippen MR) is 66.9 cm³/mol. The van der Waals surface area contributed by atoms with Crippen LogP contribution in [-0.2, 0) is 10.0 Å². The van der Waals surface area contributed by atoms with Gasteiger partial charge in [-0.3, -0.25) is 4.31 Å². The summed E-state index contributed by atoms with van der Waals surface area (Å²) >= 11 is 3.21. The van der Waals surface area contributed by atoms with Crippen LogP contribution < -0.4 is 4.31 Å². The fourth-order valence-electron chi connectivity index (χ4n) is 1.83. The van der Waals surface area contributed by atoms with Crippen molar-refractivity contribution in [3.63, 3.8) is 0 Å². The molecule has 0 bridgehead atoms. The zero-order valence-corrected chi connectivity index (χ0v) is 11.2. The van der Waals surface area contributed by atoms with E-state index in [0.717, 1.165) is 0 Å². The van der Waals surface area contributed by atoms with Crippen molar-refractivity contribution in [3.8, 4) is 0 Å². The monoisotopic (exact) mass is 319 g/mol. The zero-order chi connectivity index (χ0) is 12.6. The second kappa shape index (κ2) is 4.30. The lowest BCUT2D eigenvalue weighted by atomic mass is 10.2. The van der Waals surface area contributed by atoms with Gasteiger partial charge in [-0.25, -0.2) is 13.2 Å². The highest BCUT2D eigenvalue weighted by molar-refractivity contribution is 9.10. The second-order valence-electron chi connectivity index (χ2n) is 3.68. The molecule has 0 spiro atoms. The van der Waals surface area contributed by atoms with E-state index in [1.165, 1.54) is 10.4 Å². The molecule has 1 fully saturated rings. The van der Waals surface area contributed by atoms with Crippen molar-refractivity contribution in [1.29, 1.82) is 0 Å². The number of sulfonamides is 1. The van der Waals surface area contributed by atoms with Gasteiger partial charge in [0.2, 0.25) is 10.0 Å². The third kappa shape index (κ3) is 2.16. The molecule has 0 aliphatic carbocycles. The molecule has 1 aromatic rings. The zero-order valence-electron chi connectivity index (χ0n) is 8.76. The van der Waals surface area contributed by atoms with Crippen molar-refractivity contribution >= 4 is 37.6 Å². The van der Waals surface area contributed by atoms with E-state index in [0.29, 0.717) is 17.4 Å². The van der Waals surface area contributed by atoms with Crippen LogP contribution in [0.4, 0.5) is 5.69 Å². The van der Waals surface area contributed by atoms with E-state index in [4.69, 9.17) is 5.11 Å². The molecule has 1 aromatic carbocycles. The first kappa shape index (κ1) is 12.4. The smallest absolute Gasteiger partial charge is 0.337 e. The van der Waals surface area contributed by atoms with Crippen LogP contribution in [0.5, 0.6) is 0 Å². The van der Waals surface area contributed by atoms with E-state index in [1.807, 2.05) is 0 Å². The standard InChI is InChI=1S/C10H10BrNO4S/c11-8-4-1-3-7(10(13)14)9(8)12-5-2-6-17(12,15)16/h1,3-4H,2,5-6H2,(H,13,14). The summed E-state index contributed by atoms with van der Waals surface area (Å²) in [6, 6.07) is 4.60. The van der Waals surface area contributed by atoms with Gasteiger partial charge in [-0.05, 0) is 34.5 Å². The predicted octanol–water partition coefficient (Wildman–Crippen LogP) is 1.69. The number of para-hydroxylation sites is 1. The van der Waals surface area contributed by atoms with Crippen LogP contribution >= 0.6 is 15.9 Å². The van der Waals surface area contributed by atoms with Crippen molar-refractivity contribution in [3.05, 3.63) is 28.2 Å². The molecule has 0 aromatic heterocycles. The van der Waals surface area contributed by atoms with Crippen LogP contribution in [0.1, 0.15) is 16.8 Å². The topological polar surface area (TPSA) is 74.7 Å². The molecule has 5 nitrogen and oxygen atoms in total. The maximum absolute atomic E-state index is 11.8. The van der Waals surface area contributed by atoms with Gasteiger partial charge in [0.05, 0.1) is 17.0 Å². The summed E-state index contributed by atoms with van der Waals surface area (Å²) in [7, 11) is -3.38. The van der Waals surface area contributed by atoms with E-state index in [1.54, 1.807) is 12.1 Å². The molecule has 0 unspecified atom stereocenters. The van der Waals surface area contributed by atoms with E-state index < -0.39 is 16.0 Å². The summed E-state index contributed by atoms with van der Waals surface area (Å²) in [5, 5.41) is 9.08. The number of nitrogens with zero attached hydrogens (tertiary/aromatic N) is 1. The lowest BCUT2D eigenvalue weighted by Crippen LogP contribution is -2.27. The number of carboxylic acid groups (broad SMARTS) is 1. The van der Waals surface area contributed by atoms with Crippen molar-refractivity contribution in [2.45, 2.75) is 6.42 Å². The van der Waals surface area contributed by atoms with Crippen LogP contribution in [-0.4, -0.2) is 31.8 Å². The molecule has 2 rings (SSSR count). The summed E-state index contributed by atoms with van der Waals surface area (Å²) in [5.41, 5.74) is 0.211. The summed E-state index contributed by atoms with van der Waals surface area (Å²) in [6.45, 7) is 0.325. The molecule has 17 heavy (non-hydrogen) atoms. The molecular formula is C10H10BrNO4S. The minimum absolute atomic E-state index is 0.00940. The Hall–Kier alpha value is -1.08. The summed E-state index contributed by atoms with van der Waals surface area (Å²) in [6.07, 6.45) is 0.517. The Labute approximate surface area is 107 Å². The normalized spacial score (nSPS) is 18.3. The average Bonchev–Trinajstić information content (AvgIpc) is 2.57. The molecule has 1 saturated heterocycles. The second-order valence-corrected chi connectivity index (χ2v) is 6.55. The molecule has 92 valence electrons. The SMILES string of the molecule is O=C(O)c1cccc(Br)c1N1CCCS1(=O)=O. The number of hydrogen-bond acceptors (Lipinski definition) is 3. The van der Waals surface area contributed by atoms with Gasteiger partial charge in [-0.1, -0.05) is 6.07 Å². The lowest BCUT2D eigenvalue weighted by Gasteiger charge is -2.20. The first-order valence-electron chi connectivity index (χ1n) is 4.96. The van der Waals surface area contributed by atoms with Gasteiger partial charge in [0.25, 0.3) is 0 Å². The lowest BCUT2D eigenvalue weighted by molar-refractivity contribution is 0.0697. The third-order valence-corrected chi connectivity index (χ3v) is 5.05. The number of benzene rings is 1. The van der Waals surface area contributed by atoms with E-state index >= 15 is 0 Å². The largest absolute Gasteiger partial charge is 0.478 e. The summed E-state index contributed by atoms with van der Waals surface area (Å²) in [5.74, 6) is -1.07. The van der Waals surface area contributed by atoms with Gasteiger partial charge in [0.15, 0.2) is 0 Å². The van der Waals surface area contributed by atoms with E-state index in [-0.39, 0.29) is 17.0 Å². The van der Waals surface area contributed by atoms with Crippen molar-refractivity contribution in [1.82, 2.24) is 0 Å². The Morgan fingerprint density at radius 3 is 2.65 bits per heavy atom. The number of aromatic carboxylic acids is 1. The minimum atomic E-state index is -3.38. The van der Waals surface area contributed by atoms with Crippen molar-refractivity contribution in [2.75, 3.05) is 16.6 Å². The van der Waals surface area contributed by atoms with Crippen LogP contribution in [0.25, 0.3) is 0 Å². The molecule has 0 atom stereocenters. The van der Waals surface area contributed by atoms with Gasteiger partial charge in [0, 0.05) is 11.0 Å². The molecular weight excluding hydrogens is 310 g/mol. The highest BCUT2D eigenvalue weighted by Gasteiger charge is 2.32. The van der Waals surface area contributed by atoms with Gasteiger partial charge >= 0.3 is 5.97 Å². The Balaban J connectivity index is 2.62. The molecule has 0 amide bonds. The molecule has 1 N–H and O–H groups in total.